The van der Waals surface area contributed by atoms with Crippen LogP contribution in [0.2, 0.25) is 5.02 Å². The van der Waals surface area contributed by atoms with Crippen LogP contribution in [-0.4, -0.2) is 60.5 Å². The summed E-state index contributed by atoms with van der Waals surface area (Å²) >= 11 is 7.73. The number of carboxylic acid groups (broad SMARTS) is 1. The second-order valence-corrected chi connectivity index (χ2v) is 6.99. The summed E-state index contributed by atoms with van der Waals surface area (Å²) in [7, 11) is 3.93. The fourth-order valence-electron chi connectivity index (χ4n) is 2.15. The van der Waals surface area contributed by atoms with Crippen LogP contribution in [0.5, 0.6) is 5.75 Å². The van der Waals surface area contributed by atoms with Crippen molar-refractivity contribution < 1.29 is 14.6 Å². The van der Waals surface area contributed by atoms with Gasteiger partial charge in [0.1, 0.15) is 11.4 Å². The van der Waals surface area contributed by atoms with Crippen molar-refractivity contribution in [3.63, 3.8) is 0 Å². The highest BCUT2D eigenvalue weighted by Gasteiger charge is 2.20. The average Bonchev–Trinajstić information content (AvgIpc) is 3.01. The molecule has 0 atom stereocenters. The number of carboxylic acids is 1. The maximum Gasteiger partial charge on any atom is 0.352 e. The van der Waals surface area contributed by atoms with Gasteiger partial charge in [-0.25, -0.2) is 4.79 Å². The first-order chi connectivity index (χ1) is 12.0. The van der Waals surface area contributed by atoms with Crippen LogP contribution >= 0.6 is 23.4 Å². The Kier molecular flexibility index (Phi) is 7.51. The van der Waals surface area contributed by atoms with Crippen molar-refractivity contribution in [1.29, 1.82) is 0 Å². The van der Waals surface area contributed by atoms with E-state index in [4.69, 9.17) is 21.4 Å². The lowest BCUT2D eigenvalue weighted by Crippen LogP contribution is -2.26. The molecule has 25 heavy (non-hydrogen) atoms. The van der Waals surface area contributed by atoms with Gasteiger partial charge in [0.05, 0.1) is 24.1 Å². The van der Waals surface area contributed by atoms with Crippen molar-refractivity contribution in [2.24, 2.45) is 0 Å². The molecule has 1 aliphatic rings. The minimum absolute atomic E-state index is 0.351. The summed E-state index contributed by atoms with van der Waals surface area (Å²) in [6.07, 6.45) is 0.714. The van der Waals surface area contributed by atoms with Crippen LogP contribution in [-0.2, 0) is 4.79 Å². The molecule has 0 unspecified atom stereocenters. The Labute approximate surface area is 157 Å². The summed E-state index contributed by atoms with van der Waals surface area (Å²) in [6.45, 7) is 1.80. The summed E-state index contributed by atoms with van der Waals surface area (Å²) in [4.78, 5) is 14.9. The number of thioether (sulfide) groups is 1. The van der Waals surface area contributed by atoms with Crippen LogP contribution in [0, 0.1) is 11.8 Å². The van der Waals surface area contributed by atoms with Gasteiger partial charge in [-0.3, -0.25) is 4.90 Å². The molecule has 0 fully saturated rings. The summed E-state index contributed by atoms with van der Waals surface area (Å²) in [5.74, 6) is 6.52. The first-order valence-electron chi connectivity index (χ1n) is 7.83. The van der Waals surface area contributed by atoms with E-state index in [-0.39, 0.29) is 0 Å². The molecule has 0 radical (unpaired) electrons. The van der Waals surface area contributed by atoms with Crippen molar-refractivity contribution in [2.45, 2.75) is 6.42 Å². The van der Waals surface area contributed by atoms with E-state index in [9.17, 15) is 4.79 Å². The van der Waals surface area contributed by atoms with E-state index in [2.05, 4.69) is 11.8 Å². The fourth-order valence-corrected chi connectivity index (χ4v) is 3.32. The van der Waals surface area contributed by atoms with Crippen LogP contribution in [0.25, 0.3) is 0 Å². The molecule has 0 amide bonds. The van der Waals surface area contributed by atoms with Crippen LogP contribution < -0.4 is 4.74 Å². The van der Waals surface area contributed by atoms with Gasteiger partial charge in [-0.05, 0) is 38.7 Å². The minimum Gasteiger partial charge on any atom is -0.492 e. The number of rotatable bonds is 7. The lowest BCUT2D eigenvalue weighted by Gasteiger charge is -2.18. The summed E-state index contributed by atoms with van der Waals surface area (Å²) < 4.78 is 5.70. The zero-order valence-electron chi connectivity index (χ0n) is 14.3. The van der Waals surface area contributed by atoms with Gasteiger partial charge >= 0.3 is 5.97 Å². The summed E-state index contributed by atoms with van der Waals surface area (Å²) in [5, 5.41) is 11.3. The Balaban J connectivity index is 1.80. The van der Waals surface area contributed by atoms with Crippen LogP contribution in [0.1, 0.15) is 12.0 Å². The largest absolute Gasteiger partial charge is 0.492 e. The third-order valence-corrected chi connectivity index (χ3v) is 4.52. The highest BCUT2D eigenvalue weighted by atomic mass is 35.5. The van der Waals surface area contributed by atoms with E-state index in [0.29, 0.717) is 48.5 Å². The number of hydrogen-bond acceptors (Lipinski definition) is 5. The summed E-state index contributed by atoms with van der Waals surface area (Å²) in [6, 6.07) is 5.49. The molecule has 1 N–H and O–H groups in total. The van der Waals surface area contributed by atoms with E-state index in [1.807, 2.05) is 36.0 Å². The van der Waals surface area contributed by atoms with E-state index in [1.165, 1.54) is 11.8 Å². The topological polar surface area (TPSA) is 53.0 Å². The van der Waals surface area contributed by atoms with Crippen LogP contribution in [0.3, 0.4) is 0 Å². The molecular formula is C18H21ClN2O3S. The molecule has 0 saturated carbocycles. The number of hydrogen-bond donors (Lipinski definition) is 1. The highest BCUT2D eigenvalue weighted by Crippen LogP contribution is 2.26. The molecule has 0 aliphatic carbocycles. The molecule has 134 valence electrons. The number of nitrogens with zero attached hydrogens (tertiary/aromatic N) is 2. The van der Waals surface area contributed by atoms with Crippen LogP contribution in [0.15, 0.2) is 29.3 Å². The van der Waals surface area contributed by atoms with Gasteiger partial charge in [-0.1, -0.05) is 23.4 Å². The molecule has 0 saturated heterocycles. The van der Waals surface area contributed by atoms with Crippen molar-refractivity contribution in [3.05, 3.63) is 39.9 Å². The quantitative estimate of drug-likeness (QED) is 0.579. The van der Waals surface area contributed by atoms with Gasteiger partial charge in [-0.15, -0.1) is 11.8 Å². The third-order valence-electron chi connectivity index (χ3n) is 3.37. The number of ether oxygens (including phenoxy) is 1. The molecule has 1 aromatic rings. The zero-order valence-corrected chi connectivity index (χ0v) is 15.9. The second kappa shape index (κ2) is 9.62. The van der Waals surface area contributed by atoms with Gasteiger partial charge in [0.2, 0.25) is 0 Å². The molecule has 2 rings (SSSR count). The standard InChI is InChI=1S/C18H21ClN2O3S/c1-20(2)8-3-5-14-6-7-17(15(19)11-14)24-10-4-9-21-13-25-12-16(21)18(22)23/h6-7,11-12H,4,8-10,13H2,1-2H3,(H,22,23). The summed E-state index contributed by atoms with van der Waals surface area (Å²) in [5.41, 5.74) is 1.20. The SMILES string of the molecule is CN(C)CC#Cc1ccc(OCCCN2CSC=C2C(=O)O)c(Cl)c1. The molecule has 1 heterocycles. The Morgan fingerprint density at radius 1 is 1.48 bits per heavy atom. The van der Waals surface area contributed by atoms with Gasteiger partial charge in [-0.2, -0.15) is 0 Å². The minimum atomic E-state index is -0.889. The number of benzene rings is 1. The highest BCUT2D eigenvalue weighted by molar-refractivity contribution is 8.02. The lowest BCUT2D eigenvalue weighted by atomic mass is 10.2. The second-order valence-electron chi connectivity index (χ2n) is 5.75. The average molecular weight is 381 g/mol. The van der Waals surface area contributed by atoms with Gasteiger partial charge < -0.3 is 14.7 Å². The van der Waals surface area contributed by atoms with E-state index in [0.717, 1.165) is 5.56 Å². The van der Waals surface area contributed by atoms with Crippen molar-refractivity contribution in [2.75, 3.05) is 39.7 Å². The van der Waals surface area contributed by atoms with Gasteiger partial charge in [0, 0.05) is 17.5 Å². The first kappa shape index (κ1) is 19.5. The molecule has 0 aromatic heterocycles. The van der Waals surface area contributed by atoms with E-state index < -0.39 is 5.97 Å². The predicted molar refractivity (Wildman–Crippen MR) is 102 cm³/mol. The van der Waals surface area contributed by atoms with Crippen molar-refractivity contribution in [3.8, 4) is 17.6 Å². The van der Waals surface area contributed by atoms with Gasteiger partial charge in [0.25, 0.3) is 0 Å². The Morgan fingerprint density at radius 3 is 2.96 bits per heavy atom. The molecule has 1 aromatic carbocycles. The molecule has 7 heteroatoms. The fraction of sp³-hybridized carbons (Fsp3) is 0.389. The Hall–Kier alpha value is -1.81. The van der Waals surface area contributed by atoms with E-state index in [1.54, 1.807) is 11.5 Å². The molecule has 5 nitrogen and oxygen atoms in total. The zero-order chi connectivity index (χ0) is 18.2. The smallest absolute Gasteiger partial charge is 0.352 e. The molecule has 1 aliphatic heterocycles. The number of carbonyl (C=O) groups is 1. The normalized spacial score (nSPS) is 13.4. The number of halogens is 1. The Morgan fingerprint density at radius 2 is 2.28 bits per heavy atom. The molecule has 0 spiro atoms. The monoisotopic (exact) mass is 380 g/mol. The third kappa shape index (κ3) is 6.20. The van der Waals surface area contributed by atoms with E-state index >= 15 is 0 Å². The lowest BCUT2D eigenvalue weighted by molar-refractivity contribution is -0.134. The number of aliphatic carboxylic acids is 1. The molecular weight excluding hydrogens is 360 g/mol. The predicted octanol–water partition coefficient (Wildman–Crippen LogP) is 2.95. The van der Waals surface area contributed by atoms with Gasteiger partial charge in [0.15, 0.2) is 0 Å². The van der Waals surface area contributed by atoms with Crippen molar-refractivity contribution in [1.82, 2.24) is 9.80 Å². The molecule has 0 bridgehead atoms. The van der Waals surface area contributed by atoms with Crippen molar-refractivity contribution >= 4 is 29.3 Å². The maximum atomic E-state index is 11.1. The maximum absolute atomic E-state index is 11.1. The first-order valence-corrected chi connectivity index (χ1v) is 9.26. The Bertz CT molecular complexity index is 710. The van der Waals surface area contributed by atoms with Crippen LogP contribution in [0.4, 0.5) is 0 Å².